The normalized spacial score (nSPS) is 18.5. The molecule has 27 heavy (non-hydrogen) atoms. The number of anilines is 2. The fourth-order valence-electron chi connectivity index (χ4n) is 4.42. The van der Waals surface area contributed by atoms with Crippen LogP contribution in [-0.4, -0.2) is 48.7 Å². The van der Waals surface area contributed by atoms with Crippen LogP contribution in [0.3, 0.4) is 0 Å². The van der Waals surface area contributed by atoms with Crippen LogP contribution in [0.25, 0.3) is 10.9 Å². The molecule has 1 aromatic carbocycles. The Balaban J connectivity index is 1.55. The van der Waals surface area contributed by atoms with Crippen molar-refractivity contribution < 1.29 is 4.74 Å². The predicted molar refractivity (Wildman–Crippen MR) is 113 cm³/mol. The second-order valence-electron chi connectivity index (χ2n) is 8.64. The van der Waals surface area contributed by atoms with E-state index >= 15 is 0 Å². The lowest BCUT2D eigenvalue weighted by Gasteiger charge is -2.19. The first-order valence-corrected chi connectivity index (χ1v) is 10.3. The number of nitrogens with zero attached hydrogens (tertiary/aromatic N) is 2. The number of aromatic nitrogens is 1. The lowest BCUT2D eigenvalue weighted by Crippen LogP contribution is -2.27. The summed E-state index contributed by atoms with van der Waals surface area (Å²) >= 11 is 0. The van der Waals surface area contributed by atoms with Gasteiger partial charge in [0, 0.05) is 42.6 Å². The average Bonchev–Trinajstić information content (AvgIpc) is 3.25. The summed E-state index contributed by atoms with van der Waals surface area (Å²) in [4.78, 5) is 7.42. The summed E-state index contributed by atoms with van der Waals surface area (Å²) in [5, 5.41) is 8.16. The van der Waals surface area contributed by atoms with Crippen LogP contribution in [0.1, 0.15) is 44.2 Å². The molecule has 1 aromatic heterocycles. The first kappa shape index (κ1) is 18.4. The van der Waals surface area contributed by atoms with Gasteiger partial charge in [-0.2, -0.15) is 0 Å². The van der Waals surface area contributed by atoms with Gasteiger partial charge in [0.15, 0.2) is 0 Å². The standard InChI is InChI=1S/C22H32N4O/c1-15-12-16-18(13-19(15)27-11-7-10-26-8-5-6-9-26)24-21(23-4)17-14-22(2,3)25-20(16)17/h12-13,25H,5-11,14H2,1-4H3,(H,23,24). The molecule has 0 radical (unpaired) electrons. The van der Waals surface area contributed by atoms with E-state index in [2.05, 4.69) is 48.4 Å². The maximum absolute atomic E-state index is 6.13. The van der Waals surface area contributed by atoms with Crippen molar-refractivity contribution in [2.75, 3.05) is 43.9 Å². The Kier molecular flexibility index (Phi) is 4.89. The smallest absolute Gasteiger partial charge is 0.131 e. The van der Waals surface area contributed by atoms with Crippen molar-refractivity contribution in [1.29, 1.82) is 0 Å². The van der Waals surface area contributed by atoms with Crippen molar-refractivity contribution in [2.24, 2.45) is 0 Å². The van der Waals surface area contributed by atoms with Crippen LogP contribution in [0.15, 0.2) is 12.1 Å². The van der Waals surface area contributed by atoms with Crippen LogP contribution < -0.4 is 15.4 Å². The zero-order chi connectivity index (χ0) is 19.0. The maximum atomic E-state index is 6.13. The number of rotatable bonds is 6. The molecule has 2 aromatic rings. The van der Waals surface area contributed by atoms with Crippen LogP contribution in [0.2, 0.25) is 0 Å². The lowest BCUT2D eigenvalue weighted by molar-refractivity contribution is 0.262. The number of pyridine rings is 1. The Morgan fingerprint density at radius 1 is 1.26 bits per heavy atom. The third kappa shape index (κ3) is 3.70. The van der Waals surface area contributed by atoms with Gasteiger partial charge in [0.2, 0.25) is 0 Å². The minimum atomic E-state index is 0.0581. The van der Waals surface area contributed by atoms with Gasteiger partial charge in [-0.05, 0) is 64.8 Å². The third-order valence-electron chi connectivity index (χ3n) is 5.78. The summed E-state index contributed by atoms with van der Waals surface area (Å²) in [5.41, 5.74) is 4.73. The predicted octanol–water partition coefficient (Wildman–Crippen LogP) is 4.20. The highest BCUT2D eigenvalue weighted by molar-refractivity contribution is 5.98. The fraction of sp³-hybridized carbons (Fsp3) is 0.591. The number of likely N-dealkylation sites (tertiary alicyclic amines) is 1. The molecule has 1 fully saturated rings. The van der Waals surface area contributed by atoms with E-state index in [1.54, 1.807) is 0 Å². The van der Waals surface area contributed by atoms with Crippen molar-refractivity contribution in [3.8, 4) is 5.75 Å². The molecule has 0 amide bonds. The van der Waals surface area contributed by atoms with Gasteiger partial charge in [-0.25, -0.2) is 4.98 Å². The molecule has 0 aliphatic carbocycles. The van der Waals surface area contributed by atoms with Crippen molar-refractivity contribution in [3.63, 3.8) is 0 Å². The molecular weight excluding hydrogens is 336 g/mol. The van der Waals surface area contributed by atoms with Crippen molar-refractivity contribution in [3.05, 3.63) is 23.3 Å². The number of fused-ring (bicyclic) bond motifs is 3. The average molecular weight is 369 g/mol. The van der Waals surface area contributed by atoms with Crippen LogP contribution >= 0.6 is 0 Å². The summed E-state index contributed by atoms with van der Waals surface area (Å²) in [6.07, 6.45) is 4.75. The first-order valence-electron chi connectivity index (χ1n) is 10.3. The lowest BCUT2D eigenvalue weighted by atomic mass is 10.00. The maximum Gasteiger partial charge on any atom is 0.131 e. The number of ether oxygens (including phenoxy) is 1. The number of aryl methyl sites for hydroxylation is 1. The Morgan fingerprint density at radius 2 is 2.04 bits per heavy atom. The van der Waals surface area contributed by atoms with E-state index in [1.165, 1.54) is 48.1 Å². The first-order chi connectivity index (χ1) is 13.0. The number of nitrogens with one attached hydrogen (secondary N) is 2. The van der Waals surface area contributed by atoms with Crippen molar-refractivity contribution in [1.82, 2.24) is 9.88 Å². The monoisotopic (exact) mass is 368 g/mol. The van der Waals surface area contributed by atoms with Gasteiger partial charge in [-0.3, -0.25) is 0 Å². The summed E-state index contributed by atoms with van der Waals surface area (Å²) in [7, 11) is 1.95. The van der Waals surface area contributed by atoms with Gasteiger partial charge in [0.05, 0.1) is 17.8 Å². The van der Waals surface area contributed by atoms with Crippen molar-refractivity contribution in [2.45, 2.75) is 52.0 Å². The third-order valence-corrected chi connectivity index (χ3v) is 5.78. The summed E-state index contributed by atoms with van der Waals surface area (Å²) in [6, 6.07) is 4.33. The molecule has 3 heterocycles. The molecule has 2 aliphatic heterocycles. The second kappa shape index (κ2) is 7.19. The molecule has 0 saturated carbocycles. The summed E-state index contributed by atoms with van der Waals surface area (Å²) < 4.78 is 6.13. The Hall–Kier alpha value is -2.01. The second-order valence-corrected chi connectivity index (χ2v) is 8.64. The quantitative estimate of drug-likeness (QED) is 0.749. The number of hydrogen-bond donors (Lipinski definition) is 2. The topological polar surface area (TPSA) is 49.4 Å². The molecule has 146 valence electrons. The number of hydrogen-bond acceptors (Lipinski definition) is 5. The highest BCUT2D eigenvalue weighted by Gasteiger charge is 2.32. The highest BCUT2D eigenvalue weighted by Crippen LogP contribution is 2.42. The molecule has 5 nitrogen and oxygen atoms in total. The number of benzene rings is 1. The van der Waals surface area contributed by atoms with Gasteiger partial charge in [0.1, 0.15) is 11.6 Å². The van der Waals surface area contributed by atoms with E-state index in [9.17, 15) is 0 Å². The largest absolute Gasteiger partial charge is 0.493 e. The van der Waals surface area contributed by atoms with E-state index in [-0.39, 0.29) is 5.54 Å². The van der Waals surface area contributed by atoms with E-state index in [4.69, 9.17) is 9.72 Å². The minimum Gasteiger partial charge on any atom is -0.493 e. The zero-order valence-corrected chi connectivity index (χ0v) is 17.1. The van der Waals surface area contributed by atoms with Gasteiger partial charge >= 0.3 is 0 Å². The molecule has 5 heteroatoms. The van der Waals surface area contributed by atoms with Crippen LogP contribution in [-0.2, 0) is 6.42 Å². The summed E-state index contributed by atoms with van der Waals surface area (Å²) in [6.45, 7) is 11.0. The molecule has 2 aliphatic rings. The van der Waals surface area contributed by atoms with Gasteiger partial charge < -0.3 is 20.3 Å². The molecule has 0 unspecified atom stereocenters. The SMILES string of the molecule is CNc1nc2cc(OCCCN3CCCC3)c(C)cc2c2c1CC(C)(C)N2. The minimum absolute atomic E-state index is 0.0581. The van der Waals surface area contributed by atoms with Crippen molar-refractivity contribution >= 4 is 22.4 Å². The van der Waals surface area contributed by atoms with Crippen LogP contribution in [0, 0.1) is 6.92 Å². The molecule has 1 saturated heterocycles. The Morgan fingerprint density at radius 3 is 2.78 bits per heavy atom. The van der Waals surface area contributed by atoms with E-state index in [1.807, 2.05) is 7.05 Å². The van der Waals surface area contributed by atoms with Gasteiger partial charge in [-0.15, -0.1) is 0 Å². The highest BCUT2D eigenvalue weighted by atomic mass is 16.5. The summed E-state index contributed by atoms with van der Waals surface area (Å²) in [5.74, 6) is 1.93. The van der Waals surface area contributed by atoms with E-state index in [0.29, 0.717) is 0 Å². The van der Waals surface area contributed by atoms with Crippen LogP contribution in [0.5, 0.6) is 5.75 Å². The van der Waals surface area contributed by atoms with Gasteiger partial charge in [0.25, 0.3) is 0 Å². The molecule has 0 spiro atoms. The molecule has 4 rings (SSSR count). The fourth-order valence-corrected chi connectivity index (χ4v) is 4.42. The molecule has 2 N–H and O–H groups in total. The van der Waals surface area contributed by atoms with Crippen LogP contribution in [0.4, 0.5) is 11.5 Å². The molecular formula is C22H32N4O. The van der Waals surface area contributed by atoms with E-state index < -0.39 is 0 Å². The van der Waals surface area contributed by atoms with E-state index in [0.717, 1.165) is 43.1 Å². The zero-order valence-electron chi connectivity index (χ0n) is 17.1. The van der Waals surface area contributed by atoms with Gasteiger partial charge in [-0.1, -0.05) is 0 Å². The molecule has 0 bridgehead atoms. The molecule has 0 atom stereocenters. The Labute approximate surface area is 162 Å². The Bertz CT molecular complexity index is 840.